The highest BCUT2D eigenvalue weighted by atomic mass is 31.1. The second-order valence-corrected chi connectivity index (χ2v) is 15.5. The Labute approximate surface area is 239 Å². The third kappa shape index (κ3) is 5.66. The summed E-state index contributed by atoms with van der Waals surface area (Å²) in [6.45, 7) is 0. The molecule has 6 aromatic rings. The normalized spacial score (nSPS) is 11.3. The molecule has 1 nitrogen and oxygen atoms in total. The number of rotatable bonds is 8. The van der Waals surface area contributed by atoms with Crippen LogP contribution in [-0.4, -0.2) is 0 Å². The average molecular weight is 571 g/mol. The minimum atomic E-state index is -2.34. The smallest absolute Gasteiger partial charge is 0.133 e. The molecular weight excluding hydrogens is 541 g/mol. The number of hydrogen-bond donors (Lipinski definition) is 0. The molecule has 4 heteroatoms. The van der Waals surface area contributed by atoms with E-state index in [0.29, 0.717) is 0 Å². The van der Waals surface area contributed by atoms with E-state index in [1.807, 2.05) is 12.1 Å². The van der Waals surface area contributed by atoms with E-state index in [9.17, 15) is 4.57 Å². The van der Waals surface area contributed by atoms with Crippen LogP contribution < -0.4 is 42.4 Å². The summed E-state index contributed by atoms with van der Waals surface area (Å²) in [6, 6.07) is 59.4. The van der Waals surface area contributed by atoms with E-state index in [1.54, 1.807) is 0 Å². The summed E-state index contributed by atoms with van der Waals surface area (Å²) in [7, 11) is -4.08. The van der Waals surface area contributed by atoms with Gasteiger partial charge in [-0.3, -0.25) is 0 Å². The Morgan fingerprint density at radius 2 is 0.575 bits per heavy atom. The van der Waals surface area contributed by atoms with Crippen LogP contribution in [0, 0.1) is 0 Å². The summed E-state index contributed by atoms with van der Waals surface area (Å²) in [5.74, 6) is 0. The maximum atomic E-state index is 14.8. The number of hydrogen-bond acceptors (Lipinski definition) is 1. The maximum absolute atomic E-state index is 14.8. The Morgan fingerprint density at radius 1 is 0.325 bits per heavy atom. The molecule has 6 rings (SSSR count). The van der Waals surface area contributed by atoms with Crippen LogP contribution in [-0.2, 0) is 4.57 Å². The van der Waals surface area contributed by atoms with Crippen molar-refractivity contribution >= 4 is 66.1 Å². The van der Waals surface area contributed by atoms with Crippen molar-refractivity contribution in [3.8, 4) is 0 Å². The van der Waals surface area contributed by atoms with E-state index in [1.165, 1.54) is 21.2 Å². The molecule has 0 aliphatic heterocycles. The molecule has 0 heterocycles. The molecule has 0 spiro atoms. The van der Waals surface area contributed by atoms with Crippen LogP contribution in [0.1, 0.15) is 0 Å². The van der Waals surface area contributed by atoms with Crippen LogP contribution in [0.2, 0.25) is 0 Å². The first kappa shape index (κ1) is 26.6. The topological polar surface area (TPSA) is 17.1 Å². The van der Waals surface area contributed by atoms with E-state index >= 15 is 0 Å². The van der Waals surface area contributed by atoms with Gasteiger partial charge in [-0.1, -0.05) is 170 Å². The zero-order chi connectivity index (χ0) is 27.1. The first-order valence-corrected chi connectivity index (χ1v) is 17.4. The molecule has 0 bridgehead atoms. The van der Waals surface area contributed by atoms with Crippen molar-refractivity contribution in [3.05, 3.63) is 170 Å². The van der Waals surface area contributed by atoms with Crippen molar-refractivity contribution in [1.82, 2.24) is 0 Å². The molecule has 0 unspecified atom stereocenters. The first-order valence-electron chi connectivity index (χ1n) is 13.3. The average Bonchev–Trinajstić information content (AvgIpc) is 3.04. The lowest BCUT2D eigenvalue weighted by molar-refractivity contribution is 0.598. The van der Waals surface area contributed by atoms with Crippen molar-refractivity contribution in [2.75, 3.05) is 0 Å². The van der Waals surface area contributed by atoms with E-state index in [0.717, 1.165) is 21.2 Å². The SMILES string of the molecule is O=[PH](c1ccccc1P(c1ccccc1)c1ccccc1)c1ccccc1P(c1ccccc1)c1ccccc1. The van der Waals surface area contributed by atoms with Crippen LogP contribution in [0.15, 0.2) is 170 Å². The van der Waals surface area contributed by atoms with E-state index in [2.05, 4.69) is 158 Å². The van der Waals surface area contributed by atoms with Crippen LogP contribution in [0.25, 0.3) is 0 Å². The van der Waals surface area contributed by atoms with Crippen molar-refractivity contribution in [1.29, 1.82) is 0 Å². The zero-order valence-electron chi connectivity index (χ0n) is 22.0. The van der Waals surface area contributed by atoms with Gasteiger partial charge in [0.05, 0.1) is 0 Å². The Balaban J connectivity index is 1.51. The first-order chi connectivity index (χ1) is 19.8. The summed E-state index contributed by atoms with van der Waals surface area (Å²) in [5, 5.41) is 9.27. The lowest BCUT2D eigenvalue weighted by Crippen LogP contribution is -2.34. The van der Waals surface area contributed by atoms with Gasteiger partial charge in [0.15, 0.2) is 0 Å². The second-order valence-electron chi connectivity index (χ2n) is 9.38. The summed E-state index contributed by atoms with van der Waals surface area (Å²) in [5.41, 5.74) is 0. The highest BCUT2D eigenvalue weighted by molar-refractivity contribution is 7.83. The lowest BCUT2D eigenvalue weighted by atomic mass is 10.3. The molecule has 0 aliphatic rings. The fourth-order valence-corrected chi connectivity index (χ4v) is 12.4. The second kappa shape index (κ2) is 12.7. The Bertz CT molecular complexity index is 1500. The van der Waals surface area contributed by atoms with E-state index < -0.39 is 23.6 Å². The van der Waals surface area contributed by atoms with Gasteiger partial charge in [-0.25, -0.2) is 0 Å². The van der Waals surface area contributed by atoms with Crippen molar-refractivity contribution < 1.29 is 4.57 Å². The molecule has 40 heavy (non-hydrogen) atoms. The van der Waals surface area contributed by atoms with Crippen LogP contribution in [0.4, 0.5) is 0 Å². The summed E-state index contributed by atoms with van der Waals surface area (Å²) in [6.07, 6.45) is 0. The third-order valence-corrected chi connectivity index (χ3v) is 14.1. The van der Waals surface area contributed by atoms with Gasteiger partial charge in [0.1, 0.15) is 7.80 Å². The van der Waals surface area contributed by atoms with Crippen molar-refractivity contribution in [2.45, 2.75) is 0 Å². The van der Waals surface area contributed by atoms with Crippen LogP contribution in [0.5, 0.6) is 0 Å². The maximum Gasteiger partial charge on any atom is 0.133 e. The molecule has 0 saturated carbocycles. The summed E-state index contributed by atoms with van der Waals surface area (Å²) >= 11 is 0. The molecule has 6 aromatic carbocycles. The lowest BCUT2D eigenvalue weighted by Gasteiger charge is -2.24. The highest BCUT2D eigenvalue weighted by Crippen LogP contribution is 2.37. The molecule has 194 valence electrons. The fraction of sp³-hybridized carbons (Fsp3) is 0. The number of benzene rings is 6. The van der Waals surface area contributed by atoms with Crippen molar-refractivity contribution in [2.24, 2.45) is 0 Å². The quantitative estimate of drug-likeness (QED) is 0.214. The molecule has 0 amide bonds. The van der Waals surface area contributed by atoms with Gasteiger partial charge in [-0.05, 0) is 47.7 Å². The monoisotopic (exact) mass is 570 g/mol. The van der Waals surface area contributed by atoms with Crippen LogP contribution in [0.3, 0.4) is 0 Å². The summed E-state index contributed by atoms with van der Waals surface area (Å²) < 4.78 is 14.8. The van der Waals surface area contributed by atoms with Gasteiger partial charge in [0, 0.05) is 10.6 Å². The molecule has 0 aliphatic carbocycles. The van der Waals surface area contributed by atoms with Gasteiger partial charge in [-0.15, -0.1) is 0 Å². The molecule has 0 saturated heterocycles. The standard InChI is InChI=1S/C36H29OP3/c37-40(35-27-15-13-25-33(35)38(29-17-5-1-6-18-29)30-19-7-2-8-20-30)36-28-16-14-26-34(36)39(31-21-9-3-10-22-31)32-23-11-4-12-24-32/h1-28,40H. The third-order valence-electron chi connectivity index (χ3n) is 6.84. The van der Waals surface area contributed by atoms with Crippen LogP contribution >= 0.6 is 23.6 Å². The minimum absolute atomic E-state index is 0.871. The van der Waals surface area contributed by atoms with Gasteiger partial charge in [0.25, 0.3) is 0 Å². The largest absolute Gasteiger partial charge is 0.317 e. The van der Waals surface area contributed by atoms with Gasteiger partial charge >= 0.3 is 0 Å². The molecule has 0 radical (unpaired) electrons. The highest BCUT2D eigenvalue weighted by Gasteiger charge is 2.26. The Kier molecular flexibility index (Phi) is 8.47. The van der Waals surface area contributed by atoms with Gasteiger partial charge in [-0.2, -0.15) is 0 Å². The predicted molar refractivity (Wildman–Crippen MR) is 179 cm³/mol. The fourth-order valence-electron chi connectivity index (χ4n) is 5.03. The Morgan fingerprint density at radius 3 is 0.875 bits per heavy atom. The van der Waals surface area contributed by atoms with E-state index in [4.69, 9.17) is 0 Å². The van der Waals surface area contributed by atoms with Gasteiger partial charge in [0.2, 0.25) is 0 Å². The zero-order valence-corrected chi connectivity index (χ0v) is 24.8. The molecule has 0 N–H and O–H groups in total. The Hall–Kier alpha value is -3.59. The summed E-state index contributed by atoms with van der Waals surface area (Å²) in [4.78, 5) is 0. The predicted octanol–water partition coefficient (Wildman–Crippen LogP) is 5.71. The molecule has 0 aromatic heterocycles. The minimum Gasteiger partial charge on any atom is -0.317 e. The van der Waals surface area contributed by atoms with E-state index in [-0.39, 0.29) is 0 Å². The molecular formula is C36H29OP3. The molecule has 0 fully saturated rings. The van der Waals surface area contributed by atoms with Gasteiger partial charge < -0.3 is 4.57 Å². The molecule has 0 atom stereocenters. The van der Waals surface area contributed by atoms with Crippen molar-refractivity contribution in [3.63, 3.8) is 0 Å².